The summed E-state index contributed by atoms with van der Waals surface area (Å²) in [5.41, 5.74) is 4.13. The first kappa shape index (κ1) is 9.29. The highest BCUT2D eigenvalue weighted by Gasteiger charge is 2.08. The van der Waals surface area contributed by atoms with Gasteiger partial charge in [-0.3, -0.25) is 0 Å². The number of thiazole rings is 1. The van der Waals surface area contributed by atoms with E-state index in [2.05, 4.69) is 19.9 Å². The van der Waals surface area contributed by atoms with Crippen molar-refractivity contribution in [2.24, 2.45) is 0 Å². The third kappa shape index (κ3) is 1.43. The standard InChI is InChI=1S/C10H8N4OS/c1-15-8-3-2-6-9(13-8)14-10(12-6)7-4-16-5-11-7/h2-5H,1H3,(H,12,13,14). The Labute approximate surface area is 95.2 Å². The van der Waals surface area contributed by atoms with E-state index in [4.69, 9.17) is 4.74 Å². The predicted octanol–water partition coefficient (Wildman–Crippen LogP) is 2.09. The average Bonchev–Trinajstić information content (AvgIpc) is 2.96. The number of methoxy groups -OCH3 is 1. The van der Waals surface area contributed by atoms with Gasteiger partial charge in [0.15, 0.2) is 11.5 Å². The molecule has 6 heteroatoms. The molecule has 0 radical (unpaired) electrons. The van der Waals surface area contributed by atoms with E-state index in [9.17, 15) is 0 Å². The van der Waals surface area contributed by atoms with Crippen molar-refractivity contribution in [1.82, 2.24) is 19.9 Å². The lowest BCUT2D eigenvalue weighted by Gasteiger charge is -1.95. The van der Waals surface area contributed by atoms with Gasteiger partial charge < -0.3 is 9.72 Å². The molecule has 16 heavy (non-hydrogen) atoms. The summed E-state index contributed by atoms with van der Waals surface area (Å²) in [6.07, 6.45) is 0. The van der Waals surface area contributed by atoms with E-state index in [0.717, 1.165) is 17.0 Å². The summed E-state index contributed by atoms with van der Waals surface area (Å²) < 4.78 is 5.04. The zero-order valence-corrected chi connectivity index (χ0v) is 9.28. The highest BCUT2D eigenvalue weighted by atomic mass is 32.1. The lowest BCUT2D eigenvalue weighted by Crippen LogP contribution is -1.86. The van der Waals surface area contributed by atoms with Crippen LogP contribution < -0.4 is 4.74 Å². The van der Waals surface area contributed by atoms with Crippen molar-refractivity contribution in [3.63, 3.8) is 0 Å². The van der Waals surface area contributed by atoms with Gasteiger partial charge in [-0.2, -0.15) is 4.98 Å². The van der Waals surface area contributed by atoms with Crippen molar-refractivity contribution in [3.8, 4) is 17.4 Å². The fraction of sp³-hybridized carbons (Fsp3) is 0.100. The SMILES string of the molecule is COc1ccc2[nH]c(-c3cscn3)nc2n1. The molecule has 0 atom stereocenters. The lowest BCUT2D eigenvalue weighted by molar-refractivity contribution is 0.399. The van der Waals surface area contributed by atoms with Gasteiger partial charge in [-0.25, -0.2) is 9.97 Å². The normalized spacial score (nSPS) is 10.8. The number of aromatic amines is 1. The number of aromatic nitrogens is 4. The topological polar surface area (TPSA) is 63.7 Å². The highest BCUT2D eigenvalue weighted by Crippen LogP contribution is 2.20. The first-order valence-corrected chi connectivity index (χ1v) is 5.60. The molecule has 3 heterocycles. The van der Waals surface area contributed by atoms with E-state index in [1.807, 2.05) is 11.4 Å². The van der Waals surface area contributed by atoms with Crippen LogP contribution in [0.25, 0.3) is 22.7 Å². The smallest absolute Gasteiger partial charge is 0.215 e. The van der Waals surface area contributed by atoms with E-state index >= 15 is 0 Å². The Balaban J connectivity index is 2.16. The zero-order valence-electron chi connectivity index (χ0n) is 8.47. The summed E-state index contributed by atoms with van der Waals surface area (Å²) >= 11 is 1.54. The summed E-state index contributed by atoms with van der Waals surface area (Å²) in [7, 11) is 1.59. The molecule has 0 saturated heterocycles. The van der Waals surface area contributed by atoms with Crippen LogP contribution in [0.1, 0.15) is 0 Å². The molecule has 0 amide bonds. The minimum Gasteiger partial charge on any atom is -0.481 e. The Hall–Kier alpha value is -1.95. The Morgan fingerprint density at radius 2 is 2.25 bits per heavy atom. The van der Waals surface area contributed by atoms with Crippen molar-refractivity contribution in [2.75, 3.05) is 7.11 Å². The average molecular weight is 232 g/mol. The third-order valence-electron chi connectivity index (χ3n) is 2.20. The number of H-pyrrole nitrogens is 1. The van der Waals surface area contributed by atoms with Gasteiger partial charge >= 0.3 is 0 Å². The van der Waals surface area contributed by atoms with Gasteiger partial charge in [-0.05, 0) is 6.07 Å². The van der Waals surface area contributed by atoms with Gasteiger partial charge in [-0.15, -0.1) is 11.3 Å². The molecule has 0 bridgehead atoms. The molecule has 0 unspecified atom stereocenters. The highest BCUT2D eigenvalue weighted by molar-refractivity contribution is 7.07. The first-order chi connectivity index (χ1) is 7.86. The van der Waals surface area contributed by atoms with Crippen molar-refractivity contribution < 1.29 is 4.74 Å². The molecule has 1 N–H and O–H groups in total. The molecular formula is C10H8N4OS. The monoisotopic (exact) mass is 232 g/mol. The van der Waals surface area contributed by atoms with E-state index in [1.54, 1.807) is 18.7 Å². The van der Waals surface area contributed by atoms with Crippen molar-refractivity contribution in [2.45, 2.75) is 0 Å². The Morgan fingerprint density at radius 3 is 3.00 bits per heavy atom. The van der Waals surface area contributed by atoms with Gasteiger partial charge in [0.1, 0.15) is 5.69 Å². The summed E-state index contributed by atoms with van der Waals surface area (Å²) in [4.78, 5) is 16.0. The fourth-order valence-corrected chi connectivity index (χ4v) is 1.98. The second-order valence-corrected chi connectivity index (χ2v) is 3.90. The maximum atomic E-state index is 5.04. The maximum absolute atomic E-state index is 5.04. The van der Waals surface area contributed by atoms with Gasteiger partial charge in [0.05, 0.1) is 18.1 Å². The molecule has 5 nitrogen and oxygen atoms in total. The molecular weight excluding hydrogens is 224 g/mol. The van der Waals surface area contributed by atoms with Crippen LogP contribution >= 0.6 is 11.3 Å². The first-order valence-electron chi connectivity index (χ1n) is 4.66. The van der Waals surface area contributed by atoms with Crippen LogP contribution in [-0.2, 0) is 0 Å². The molecule has 0 aliphatic rings. The van der Waals surface area contributed by atoms with Crippen LogP contribution in [0.2, 0.25) is 0 Å². The number of ether oxygens (including phenoxy) is 1. The van der Waals surface area contributed by atoms with Crippen LogP contribution in [0.3, 0.4) is 0 Å². The van der Waals surface area contributed by atoms with E-state index in [1.165, 1.54) is 11.3 Å². The van der Waals surface area contributed by atoms with E-state index in [0.29, 0.717) is 11.5 Å². The van der Waals surface area contributed by atoms with Crippen LogP contribution in [0.15, 0.2) is 23.0 Å². The second-order valence-electron chi connectivity index (χ2n) is 3.18. The van der Waals surface area contributed by atoms with Crippen LogP contribution in [0, 0.1) is 0 Å². The molecule has 3 aromatic heterocycles. The molecule has 0 aliphatic carbocycles. The second kappa shape index (κ2) is 3.57. The fourth-order valence-electron chi connectivity index (χ4n) is 1.44. The number of rotatable bonds is 2. The molecule has 0 spiro atoms. The number of imidazole rings is 1. The van der Waals surface area contributed by atoms with Gasteiger partial charge in [-0.1, -0.05) is 0 Å². The summed E-state index contributed by atoms with van der Waals surface area (Å²) in [6.45, 7) is 0. The Kier molecular flexibility index (Phi) is 2.07. The van der Waals surface area contributed by atoms with Crippen molar-refractivity contribution >= 4 is 22.5 Å². The van der Waals surface area contributed by atoms with Crippen molar-refractivity contribution in [1.29, 1.82) is 0 Å². The summed E-state index contributed by atoms with van der Waals surface area (Å²) in [5.74, 6) is 1.29. The molecule has 80 valence electrons. The largest absolute Gasteiger partial charge is 0.481 e. The molecule has 3 aromatic rings. The maximum Gasteiger partial charge on any atom is 0.215 e. The van der Waals surface area contributed by atoms with E-state index in [-0.39, 0.29) is 0 Å². The van der Waals surface area contributed by atoms with Gasteiger partial charge in [0.2, 0.25) is 5.88 Å². The lowest BCUT2D eigenvalue weighted by atomic mass is 10.4. The van der Waals surface area contributed by atoms with E-state index < -0.39 is 0 Å². The molecule has 0 aliphatic heterocycles. The summed E-state index contributed by atoms with van der Waals surface area (Å²) in [6, 6.07) is 3.69. The van der Waals surface area contributed by atoms with Crippen LogP contribution in [-0.4, -0.2) is 27.0 Å². The molecule has 3 rings (SSSR count). The number of nitrogens with zero attached hydrogens (tertiary/aromatic N) is 3. The Morgan fingerprint density at radius 1 is 1.31 bits per heavy atom. The van der Waals surface area contributed by atoms with Crippen LogP contribution in [0.4, 0.5) is 0 Å². The minimum absolute atomic E-state index is 0.559. The van der Waals surface area contributed by atoms with Crippen LogP contribution in [0.5, 0.6) is 5.88 Å². The number of pyridine rings is 1. The number of nitrogens with one attached hydrogen (secondary N) is 1. The summed E-state index contributed by atoms with van der Waals surface area (Å²) in [5, 5.41) is 1.94. The third-order valence-corrected chi connectivity index (χ3v) is 2.79. The minimum atomic E-state index is 0.559. The number of hydrogen-bond donors (Lipinski definition) is 1. The van der Waals surface area contributed by atoms with Gasteiger partial charge in [0.25, 0.3) is 0 Å². The number of fused-ring (bicyclic) bond motifs is 1. The van der Waals surface area contributed by atoms with Crippen molar-refractivity contribution in [3.05, 3.63) is 23.0 Å². The quantitative estimate of drug-likeness (QED) is 0.734. The Bertz CT molecular complexity index is 617. The van der Waals surface area contributed by atoms with Gasteiger partial charge in [0, 0.05) is 11.4 Å². The number of hydrogen-bond acceptors (Lipinski definition) is 5. The molecule has 0 fully saturated rings. The molecule has 0 aromatic carbocycles. The predicted molar refractivity (Wildman–Crippen MR) is 61.5 cm³/mol. The zero-order chi connectivity index (χ0) is 11.0. The molecule has 0 saturated carbocycles.